The minimum atomic E-state index is -1.14. The summed E-state index contributed by atoms with van der Waals surface area (Å²) in [6.45, 7) is 9.11. The molecule has 0 radical (unpaired) electrons. The smallest absolute Gasteiger partial charge is 0.278 e. The van der Waals surface area contributed by atoms with Crippen LogP contribution in [0.15, 0.2) is 66.1 Å². The molecule has 2 N–H and O–H groups in total. The first-order chi connectivity index (χ1) is 17.8. The normalized spacial score (nSPS) is 19.1. The van der Waals surface area contributed by atoms with E-state index >= 15 is 0 Å². The maximum Gasteiger partial charge on any atom is 0.278 e. The van der Waals surface area contributed by atoms with Gasteiger partial charge in [0.15, 0.2) is 11.5 Å². The number of allylic oxidation sites excluding steroid dienone is 1. The lowest BCUT2D eigenvalue weighted by Crippen LogP contribution is -2.36. The summed E-state index contributed by atoms with van der Waals surface area (Å²) in [5, 5.41) is 14.1. The number of pyridine rings is 1. The van der Waals surface area contributed by atoms with Gasteiger partial charge >= 0.3 is 0 Å². The summed E-state index contributed by atoms with van der Waals surface area (Å²) in [7, 11) is 0. The highest BCUT2D eigenvalue weighted by Gasteiger charge is 2.38. The number of fused-ring (bicyclic) bond motifs is 3. The summed E-state index contributed by atoms with van der Waals surface area (Å²) in [4.78, 5) is 29.3. The first-order valence-electron chi connectivity index (χ1n) is 12.4. The van der Waals surface area contributed by atoms with Crippen LogP contribution in [-0.2, 0) is 16.9 Å². The number of hydrogen-bond donors (Lipinski definition) is 2. The van der Waals surface area contributed by atoms with Crippen molar-refractivity contribution in [2.75, 3.05) is 23.4 Å². The molecule has 10 nitrogen and oxygen atoms in total. The number of aromatic nitrogens is 5. The van der Waals surface area contributed by atoms with Crippen LogP contribution < -0.4 is 15.8 Å². The fraction of sp³-hybridized carbons (Fsp3) is 0.333. The van der Waals surface area contributed by atoms with E-state index in [-0.39, 0.29) is 12.1 Å². The average molecular weight is 500 g/mol. The van der Waals surface area contributed by atoms with Crippen LogP contribution in [0.3, 0.4) is 0 Å². The van der Waals surface area contributed by atoms with Crippen LogP contribution in [-0.4, -0.2) is 54.7 Å². The Balaban J connectivity index is 1.36. The van der Waals surface area contributed by atoms with E-state index in [9.17, 15) is 9.90 Å². The Morgan fingerprint density at radius 3 is 2.70 bits per heavy atom. The van der Waals surface area contributed by atoms with Crippen molar-refractivity contribution in [2.24, 2.45) is 0 Å². The van der Waals surface area contributed by atoms with E-state index in [2.05, 4.69) is 43.9 Å². The van der Waals surface area contributed by atoms with Crippen molar-refractivity contribution < 1.29 is 9.84 Å². The summed E-state index contributed by atoms with van der Waals surface area (Å²) < 4.78 is 8.87. The Bertz CT molecular complexity index is 1530. The molecule has 0 saturated carbocycles. The molecule has 190 valence electrons. The lowest BCUT2D eigenvalue weighted by Gasteiger charge is -2.29. The van der Waals surface area contributed by atoms with E-state index in [1.165, 1.54) is 16.6 Å². The van der Waals surface area contributed by atoms with Crippen molar-refractivity contribution in [2.45, 2.75) is 44.6 Å². The zero-order valence-electron chi connectivity index (χ0n) is 20.8. The van der Waals surface area contributed by atoms with E-state index in [0.29, 0.717) is 40.6 Å². The van der Waals surface area contributed by atoms with Crippen molar-refractivity contribution >= 4 is 28.4 Å². The quantitative estimate of drug-likeness (QED) is 0.373. The molecular weight excluding hydrogens is 470 g/mol. The maximum absolute atomic E-state index is 13.2. The molecule has 2 saturated heterocycles. The van der Waals surface area contributed by atoms with Gasteiger partial charge in [0.25, 0.3) is 5.56 Å². The Morgan fingerprint density at radius 1 is 1.22 bits per heavy atom. The number of rotatable bonds is 7. The molecule has 0 amide bonds. The number of anilines is 3. The molecule has 4 aromatic rings. The van der Waals surface area contributed by atoms with Gasteiger partial charge in [0.05, 0.1) is 31.0 Å². The fourth-order valence-electron chi connectivity index (χ4n) is 5.07. The van der Waals surface area contributed by atoms with Crippen LogP contribution in [0.25, 0.3) is 16.9 Å². The summed E-state index contributed by atoms with van der Waals surface area (Å²) in [6.07, 6.45) is 4.60. The molecule has 0 spiro atoms. The predicted molar refractivity (Wildman–Crippen MR) is 142 cm³/mol. The molecule has 5 heterocycles. The second-order valence-corrected chi connectivity index (χ2v) is 10.0. The number of ether oxygens (including phenoxy) is 1. The SMILES string of the molecule is C=CCn1c(=O)c2cnc(Nc3ccc(N4C[C@H]5C[C@@H]4CO5)cc3)nc2n1-c1cccc(C(C)(C)O)n1. The molecule has 2 fully saturated rings. The van der Waals surface area contributed by atoms with Crippen molar-refractivity contribution in [1.29, 1.82) is 0 Å². The van der Waals surface area contributed by atoms with Crippen LogP contribution in [0.2, 0.25) is 0 Å². The number of nitrogens with one attached hydrogen (secondary N) is 1. The van der Waals surface area contributed by atoms with Crippen molar-refractivity contribution in [3.8, 4) is 5.82 Å². The molecule has 6 rings (SSSR count). The van der Waals surface area contributed by atoms with Gasteiger partial charge in [-0.05, 0) is 56.7 Å². The van der Waals surface area contributed by atoms with Crippen LogP contribution in [0.4, 0.5) is 17.3 Å². The highest BCUT2D eigenvalue weighted by atomic mass is 16.5. The van der Waals surface area contributed by atoms with E-state index in [4.69, 9.17) is 4.74 Å². The van der Waals surface area contributed by atoms with Gasteiger partial charge in [0.2, 0.25) is 5.95 Å². The van der Waals surface area contributed by atoms with Crippen LogP contribution in [0.1, 0.15) is 26.0 Å². The van der Waals surface area contributed by atoms with E-state index in [0.717, 1.165) is 25.3 Å². The molecule has 2 bridgehead atoms. The lowest BCUT2D eigenvalue weighted by atomic mass is 10.1. The monoisotopic (exact) mass is 499 g/mol. The third-order valence-electron chi connectivity index (χ3n) is 6.91. The Hall–Kier alpha value is -4.02. The molecule has 0 unspecified atom stereocenters. The second-order valence-electron chi connectivity index (χ2n) is 10.0. The Kier molecular flexibility index (Phi) is 5.58. The van der Waals surface area contributed by atoms with E-state index in [1.807, 2.05) is 12.1 Å². The topological polar surface area (TPSA) is 110 Å². The van der Waals surface area contributed by atoms with Crippen molar-refractivity contribution in [1.82, 2.24) is 24.3 Å². The second kappa shape index (κ2) is 8.82. The standard InChI is InChI=1S/C27H29N7O3/c1-4-12-33-25(35)21-14-28-26(31-24(21)34(33)23-7-5-6-22(30-23)27(2,3)36)29-17-8-10-18(11-9-17)32-15-20-13-19(32)16-37-20/h4-11,14,19-20,36H,1,12-13,15-16H2,2-3H3,(H,28,29,31)/t19-,20-/m1/s1. The molecule has 37 heavy (non-hydrogen) atoms. The minimum absolute atomic E-state index is 0.245. The van der Waals surface area contributed by atoms with Crippen molar-refractivity contribution in [3.63, 3.8) is 0 Å². The number of aliphatic hydroxyl groups is 1. The van der Waals surface area contributed by atoms with Crippen LogP contribution in [0.5, 0.6) is 0 Å². The molecule has 0 aliphatic carbocycles. The molecule has 2 aliphatic rings. The summed E-state index contributed by atoms with van der Waals surface area (Å²) >= 11 is 0. The molecule has 10 heteroatoms. The zero-order chi connectivity index (χ0) is 25.7. The van der Waals surface area contributed by atoms with Gasteiger partial charge in [-0.1, -0.05) is 12.1 Å². The molecule has 1 aromatic carbocycles. The van der Waals surface area contributed by atoms with Gasteiger partial charge in [-0.25, -0.2) is 19.3 Å². The molecule has 3 aromatic heterocycles. The van der Waals surface area contributed by atoms with Gasteiger partial charge in [-0.3, -0.25) is 4.79 Å². The van der Waals surface area contributed by atoms with Crippen LogP contribution >= 0.6 is 0 Å². The first kappa shape index (κ1) is 23.4. The largest absolute Gasteiger partial charge is 0.384 e. The molecule has 2 atom stereocenters. The minimum Gasteiger partial charge on any atom is -0.384 e. The number of nitrogens with zero attached hydrogens (tertiary/aromatic N) is 6. The molecule has 2 aliphatic heterocycles. The third kappa shape index (κ3) is 4.17. The summed E-state index contributed by atoms with van der Waals surface area (Å²) in [5.41, 5.74) is 1.52. The van der Waals surface area contributed by atoms with Gasteiger partial charge in [0.1, 0.15) is 11.0 Å². The van der Waals surface area contributed by atoms with Crippen LogP contribution in [0, 0.1) is 0 Å². The zero-order valence-corrected chi connectivity index (χ0v) is 20.8. The Morgan fingerprint density at radius 2 is 2.03 bits per heavy atom. The fourth-order valence-corrected chi connectivity index (χ4v) is 5.07. The summed E-state index contributed by atoms with van der Waals surface area (Å²) in [6, 6.07) is 13.9. The number of hydrogen-bond acceptors (Lipinski definition) is 8. The van der Waals surface area contributed by atoms with Gasteiger partial charge in [-0.15, -0.1) is 6.58 Å². The predicted octanol–water partition coefficient (Wildman–Crippen LogP) is 3.11. The third-order valence-corrected chi connectivity index (χ3v) is 6.91. The van der Waals surface area contributed by atoms with E-state index < -0.39 is 5.60 Å². The number of morpholine rings is 1. The highest BCUT2D eigenvalue weighted by molar-refractivity contribution is 5.77. The lowest BCUT2D eigenvalue weighted by molar-refractivity contribution is 0.0738. The molecular formula is C27H29N7O3. The van der Waals surface area contributed by atoms with Gasteiger partial charge in [0, 0.05) is 24.1 Å². The first-order valence-corrected chi connectivity index (χ1v) is 12.4. The number of benzene rings is 1. The summed E-state index contributed by atoms with van der Waals surface area (Å²) in [5.74, 6) is 0.823. The Labute approximate surface area is 213 Å². The van der Waals surface area contributed by atoms with Crippen molar-refractivity contribution in [3.05, 3.63) is 77.4 Å². The average Bonchev–Trinajstić information content (AvgIpc) is 3.59. The highest BCUT2D eigenvalue weighted by Crippen LogP contribution is 2.33. The maximum atomic E-state index is 13.2. The van der Waals surface area contributed by atoms with Gasteiger partial charge in [-0.2, -0.15) is 4.98 Å². The van der Waals surface area contributed by atoms with Gasteiger partial charge < -0.3 is 20.1 Å². The van der Waals surface area contributed by atoms with E-state index in [1.54, 1.807) is 42.8 Å².